The largest absolute Gasteiger partial charge is 0.457 e. The number of ether oxygens (including phenoxy) is 2. The number of hydrogen-bond acceptors (Lipinski definition) is 4. The number of hydrogen-bond donors (Lipinski definition) is 1. The van der Waals surface area contributed by atoms with Crippen molar-refractivity contribution in [3.63, 3.8) is 0 Å². The van der Waals surface area contributed by atoms with Gasteiger partial charge in [-0.05, 0) is 78.1 Å². The highest BCUT2D eigenvalue weighted by molar-refractivity contribution is 6.06. The zero-order valence-corrected chi connectivity index (χ0v) is 24.2. The van der Waals surface area contributed by atoms with E-state index in [-0.39, 0.29) is 11.8 Å². The number of amides is 2. The van der Waals surface area contributed by atoms with E-state index >= 15 is 0 Å². The molecular formula is C36H36N2O4. The number of methoxy groups -OCH3 is 1. The second-order valence-corrected chi connectivity index (χ2v) is 10.2. The molecule has 0 spiro atoms. The summed E-state index contributed by atoms with van der Waals surface area (Å²) < 4.78 is 11.3. The molecule has 1 aliphatic rings. The average molecular weight is 561 g/mol. The molecule has 1 heterocycles. The summed E-state index contributed by atoms with van der Waals surface area (Å²) in [5.41, 5.74) is 5.05. The molecule has 0 bridgehead atoms. The number of carbonyl (C=O) groups excluding carboxylic acids is 2. The monoisotopic (exact) mass is 560 g/mol. The third-order valence-electron chi connectivity index (χ3n) is 7.70. The number of anilines is 1. The molecular weight excluding hydrogens is 524 g/mol. The lowest BCUT2D eigenvalue weighted by atomic mass is 9.76. The quantitative estimate of drug-likeness (QED) is 0.220. The summed E-state index contributed by atoms with van der Waals surface area (Å²) >= 11 is 0. The lowest BCUT2D eigenvalue weighted by Crippen LogP contribution is -2.52. The molecule has 1 N–H and O–H groups in total. The first-order chi connectivity index (χ1) is 20.5. The van der Waals surface area contributed by atoms with E-state index in [4.69, 9.17) is 9.47 Å². The molecule has 2 atom stereocenters. The highest BCUT2D eigenvalue weighted by Crippen LogP contribution is 2.41. The normalized spacial score (nSPS) is 16.6. The molecule has 0 fully saturated rings. The second-order valence-electron chi connectivity index (χ2n) is 10.2. The number of nitrogens with one attached hydrogen (secondary N) is 1. The number of allylic oxidation sites excluding steroid dienone is 1. The number of rotatable bonds is 10. The van der Waals surface area contributed by atoms with Crippen molar-refractivity contribution in [2.45, 2.75) is 32.2 Å². The van der Waals surface area contributed by atoms with Crippen molar-refractivity contribution in [1.82, 2.24) is 4.90 Å². The van der Waals surface area contributed by atoms with Crippen LogP contribution in [0, 0.1) is 0 Å². The number of benzene rings is 4. The molecule has 214 valence electrons. The Morgan fingerprint density at radius 3 is 2.26 bits per heavy atom. The van der Waals surface area contributed by atoms with Gasteiger partial charge in [-0.15, -0.1) is 0 Å². The summed E-state index contributed by atoms with van der Waals surface area (Å²) in [5.74, 6) is 0.471. The number of carbonyl (C=O) groups is 2. The second kappa shape index (κ2) is 13.3. The van der Waals surface area contributed by atoms with Gasteiger partial charge < -0.3 is 19.7 Å². The van der Waals surface area contributed by atoms with E-state index in [1.807, 2.05) is 97.9 Å². The first-order valence-corrected chi connectivity index (χ1v) is 14.3. The number of nitrogens with zero attached hydrogens (tertiary/aromatic N) is 1. The maximum absolute atomic E-state index is 14.3. The van der Waals surface area contributed by atoms with Crippen LogP contribution in [0.4, 0.5) is 5.69 Å². The van der Waals surface area contributed by atoms with Crippen LogP contribution < -0.4 is 10.1 Å². The molecule has 0 aliphatic carbocycles. The first kappa shape index (κ1) is 28.8. The molecule has 1 aliphatic heterocycles. The van der Waals surface area contributed by atoms with Crippen molar-refractivity contribution < 1.29 is 19.1 Å². The van der Waals surface area contributed by atoms with E-state index in [1.165, 1.54) is 0 Å². The summed E-state index contributed by atoms with van der Waals surface area (Å²) in [7, 11) is 1.62. The predicted molar refractivity (Wildman–Crippen MR) is 167 cm³/mol. The molecule has 42 heavy (non-hydrogen) atoms. The molecule has 5 rings (SSSR count). The van der Waals surface area contributed by atoms with Crippen molar-refractivity contribution in [3.05, 3.63) is 131 Å². The van der Waals surface area contributed by atoms with Crippen LogP contribution in [0.3, 0.4) is 0 Å². The standard InChI is InChI=1S/C36H36N2O4/c1-4-25-13-9-10-16-30(25)29(5-2)34-33(31-17-11-12-18-32(31)36(40)38(34)23-24-41-3)35(39)37-26-19-21-28(22-20-26)42-27-14-7-6-8-15-27/h5-22,33-34H,4,23-24H2,1-3H3,(H,37,39)/b29-5+. The molecule has 0 saturated heterocycles. The van der Waals surface area contributed by atoms with Gasteiger partial charge in [-0.2, -0.15) is 0 Å². The number of aryl methyl sites for hydroxylation is 1. The zero-order chi connectivity index (χ0) is 29.5. The van der Waals surface area contributed by atoms with Crippen LogP contribution in [-0.4, -0.2) is 43.0 Å². The predicted octanol–water partition coefficient (Wildman–Crippen LogP) is 7.34. The topological polar surface area (TPSA) is 67.9 Å². The number of fused-ring (bicyclic) bond motifs is 1. The summed E-state index contributed by atoms with van der Waals surface area (Å²) in [5, 5.41) is 3.13. The molecule has 4 aromatic carbocycles. The molecule has 6 heteroatoms. The van der Waals surface area contributed by atoms with Crippen LogP contribution >= 0.6 is 0 Å². The summed E-state index contributed by atoms with van der Waals surface area (Å²) in [6.45, 7) is 4.80. The van der Waals surface area contributed by atoms with Gasteiger partial charge in [-0.1, -0.05) is 73.7 Å². The SMILES string of the molecule is C/C=C(\c1ccccc1CC)C1C(C(=O)Nc2ccc(Oc3ccccc3)cc2)c2ccccc2C(=O)N1CCOC. The maximum atomic E-state index is 14.3. The number of para-hydroxylation sites is 1. The lowest BCUT2D eigenvalue weighted by molar-refractivity contribution is -0.118. The van der Waals surface area contributed by atoms with Crippen molar-refractivity contribution in [2.75, 3.05) is 25.6 Å². The van der Waals surface area contributed by atoms with E-state index in [0.29, 0.717) is 30.2 Å². The van der Waals surface area contributed by atoms with Gasteiger partial charge in [0.05, 0.1) is 18.6 Å². The van der Waals surface area contributed by atoms with E-state index in [9.17, 15) is 9.59 Å². The highest BCUT2D eigenvalue weighted by Gasteiger charge is 2.45. The van der Waals surface area contributed by atoms with E-state index in [2.05, 4.69) is 24.4 Å². The fourth-order valence-corrected chi connectivity index (χ4v) is 5.70. The summed E-state index contributed by atoms with van der Waals surface area (Å²) in [4.78, 5) is 30.1. The molecule has 4 aromatic rings. The van der Waals surface area contributed by atoms with Gasteiger partial charge in [0.1, 0.15) is 11.5 Å². The Balaban J connectivity index is 1.54. The van der Waals surface area contributed by atoms with Gasteiger partial charge >= 0.3 is 0 Å². The Morgan fingerprint density at radius 1 is 0.881 bits per heavy atom. The minimum Gasteiger partial charge on any atom is -0.457 e. The third-order valence-corrected chi connectivity index (χ3v) is 7.70. The highest BCUT2D eigenvalue weighted by atomic mass is 16.5. The Kier molecular flexibility index (Phi) is 9.15. The Labute approximate surface area is 247 Å². The molecule has 0 saturated carbocycles. The molecule has 0 radical (unpaired) electrons. The van der Waals surface area contributed by atoms with E-state index in [0.717, 1.165) is 34.4 Å². The van der Waals surface area contributed by atoms with Crippen LogP contribution in [0.5, 0.6) is 11.5 Å². The fourth-order valence-electron chi connectivity index (χ4n) is 5.70. The Hall–Kier alpha value is -4.68. The van der Waals surface area contributed by atoms with Crippen LogP contribution in [0.2, 0.25) is 0 Å². The van der Waals surface area contributed by atoms with Crippen molar-refractivity contribution in [2.24, 2.45) is 0 Å². The third kappa shape index (κ3) is 5.99. The van der Waals surface area contributed by atoms with Crippen molar-refractivity contribution in [3.8, 4) is 11.5 Å². The van der Waals surface area contributed by atoms with Gasteiger partial charge in [0.2, 0.25) is 5.91 Å². The fraction of sp³-hybridized carbons (Fsp3) is 0.222. The average Bonchev–Trinajstić information content (AvgIpc) is 3.03. The van der Waals surface area contributed by atoms with Crippen molar-refractivity contribution >= 4 is 23.1 Å². The molecule has 2 amide bonds. The zero-order valence-electron chi connectivity index (χ0n) is 24.2. The van der Waals surface area contributed by atoms with E-state index < -0.39 is 12.0 Å². The molecule has 6 nitrogen and oxygen atoms in total. The smallest absolute Gasteiger partial charge is 0.254 e. The van der Waals surface area contributed by atoms with E-state index in [1.54, 1.807) is 18.1 Å². The minimum atomic E-state index is -0.646. The van der Waals surface area contributed by atoms with Crippen LogP contribution in [0.15, 0.2) is 109 Å². The van der Waals surface area contributed by atoms with Gasteiger partial charge in [-0.25, -0.2) is 0 Å². The van der Waals surface area contributed by atoms with Crippen LogP contribution in [-0.2, 0) is 16.0 Å². The minimum absolute atomic E-state index is 0.104. The van der Waals surface area contributed by atoms with Crippen LogP contribution in [0.1, 0.15) is 46.8 Å². The summed E-state index contributed by atoms with van der Waals surface area (Å²) in [6.07, 6.45) is 2.87. The van der Waals surface area contributed by atoms with Gasteiger partial charge in [0.25, 0.3) is 5.91 Å². The van der Waals surface area contributed by atoms with Gasteiger partial charge in [-0.3, -0.25) is 9.59 Å². The van der Waals surface area contributed by atoms with Gasteiger partial charge in [0.15, 0.2) is 0 Å². The lowest BCUT2D eigenvalue weighted by Gasteiger charge is -2.43. The van der Waals surface area contributed by atoms with Crippen molar-refractivity contribution in [1.29, 1.82) is 0 Å². The maximum Gasteiger partial charge on any atom is 0.254 e. The Bertz CT molecular complexity index is 1560. The Morgan fingerprint density at radius 2 is 1.55 bits per heavy atom. The molecule has 0 aromatic heterocycles. The molecule has 2 unspecified atom stereocenters. The first-order valence-electron chi connectivity index (χ1n) is 14.3. The van der Waals surface area contributed by atoms with Gasteiger partial charge in [0, 0.05) is 24.9 Å². The summed E-state index contributed by atoms with van der Waals surface area (Å²) in [6, 6.07) is 32.0. The van der Waals surface area contributed by atoms with Crippen LogP contribution in [0.25, 0.3) is 5.57 Å².